The highest BCUT2D eigenvalue weighted by Crippen LogP contribution is 2.28. The van der Waals surface area contributed by atoms with Gasteiger partial charge in [0.1, 0.15) is 0 Å². The Morgan fingerprint density at radius 1 is 0.950 bits per heavy atom. The fraction of sp³-hybridized carbons (Fsp3) is 0.125. The first kappa shape index (κ1) is 13.8. The topological polar surface area (TPSA) is 86.2 Å². The number of primary amides is 2. The van der Waals surface area contributed by atoms with Crippen molar-refractivity contribution in [1.82, 2.24) is 0 Å². The van der Waals surface area contributed by atoms with E-state index in [1.54, 1.807) is 18.2 Å². The lowest BCUT2D eigenvalue weighted by Gasteiger charge is -2.12. The van der Waals surface area contributed by atoms with E-state index in [4.69, 9.17) is 11.5 Å². The third kappa shape index (κ3) is 2.40. The van der Waals surface area contributed by atoms with Gasteiger partial charge in [-0.15, -0.1) is 0 Å². The van der Waals surface area contributed by atoms with E-state index >= 15 is 0 Å². The fourth-order valence-corrected chi connectivity index (χ4v) is 2.38. The molecule has 0 aliphatic heterocycles. The minimum Gasteiger partial charge on any atom is -0.366 e. The van der Waals surface area contributed by atoms with Crippen molar-refractivity contribution in [3.05, 3.63) is 58.7 Å². The molecule has 2 aromatic carbocycles. The Labute approximate surface area is 117 Å². The number of benzene rings is 2. The summed E-state index contributed by atoms with van der Waals surface area (Å²) in [5.74, 6) is -0.931. The van der Waals surface area contributed by atoms with Gasteiger partial charge in [0.25, 0.3) is 0 Å². The molecule has 4 nitrogen and oxygen atoms in total. The van der Waals surface area contributed by atoms with Crippen molar-refractivity contribution >= 4 is 11.8 Å². The lowest BCUT2D eigenvalue weighted by Crippen LogP contribution is -2.15. The first-order valence-electron chi connectivity index (χ1n) is 6.22. The van der Waals surface area contributed by atoms with Gasteiger partial charge >= 0.3 is 0 Å². The average Bonchev–Trinajstić information content (AvgIpc) is 2.38. The fourth-order valence-electron chi connectivity index (χ4n) is 2.38. The van der Waals surface area contributed by atoms with Crippen LogP contribution in [0.2, 0.25) is 0 Å². The van der Waals surface area contributed by atoms with Crippen LogP contribution in [0.3, 0.4) is 0 Å². The quantitative estimate of drug-likeness (QED) is 0.893. The maximum atomic E-state index is 11.5. The van der Waals surface area contributed by atoms with E-state index < -0.39 is 11.8 Å². The second kappa shape index (κ2) is 5.17. The number of hydrogen-bond acceptors (Lipinski definition) is 2. The number of carbonyl (C=O) groups excluding carboxylic acids is 2. The van der Waals surface area contributed by atoms with Gasteiger partial charge in [-0.2, -0.15) is 0 Å². The molecule has 0 aromatic heterocycles. The van der Waals surface area contributed by atoms with Crippen molar-refractivity contribution in [3.8, 4) is 11.1 Å². The zero-order chi connectivity index (χ0) is 14.9. The van der Waals surface area contributed by atoms with Gasteiger partial charge in [0.15, 0.2) is 0 Å². The van der Waals surface area contributed by atoms with Gasteiger partial charge in [0.05, 0.1) is 0 Å². The molecule has 0 atom stereocenters. The second-order valence-corrected chi connectivity index (χ2v) is 4.74. The molecular weight excluding hydrogens is 252 g/mol. The monoisotopic (exact) mass is 268 g/mol. The van der Waals surface area contributed by atoms with Crippen LogP contribution >= 0.6 is 0 Å². The minimum atomic E-state index is -0.480. The number of carbonyl (C=O) groups is 2. The molecule has 0 aliphatic carbocycles. The summed E-state index contributed by atoms with van der Waals surface area (Å²) >= 11 is 0. The summed E-state index contributed by atoms with van der Waals surface area (Å²) in [4.78, 5) is 22.8. The SMILES string of the molecule is Cc1ccc(-c2cccc(C(N)=O)c2)c(C)c1C(N)=O. The summed E-state index contributed by atoms with van der Waals surface area (Å²) in [6, 6.07) is 10.8. The van der Waals surface area contributed by atoms with Crippen molar-refractivity contribution in [2.75, 3.05) is 0 Å². The van der Waals surface area contributed by atoms with Crippen LogP contribution in [0.25, 0.3) is 11.1 Å². The average molecular weight is 268 g/mol. The van der Waals surface area contributed by atoms with Crippen LogP contribution in [0, 0.1) is 13.8 Å². The summed E-state index contributed by atoms with van der Waals surface area (Å²) < 4.78 is 0. The molecule has 0 unspecified atom stereocenters. The largest absolute Gasteiger partial charge is 0.366 e. The second-order valence-electron chi connectivity index (χ2n) is 4.74. The highest BCUT2D eigenvalue weighted by Gasteiger charge is 2.13. The van der Waals surface area contributed by atoms with Crippen LogP contribution < -0.4 is 11.5 Å². The third-order valence-electron chi connectivity index (χ3n) is 3.38. The van der Waals surface area contributed by atoms with Crippen molar-refractivity contribution in [1.29, 1.82) is 0 Å². The van der Waals surface area contributed by atoms with Crippen LogP contribution in [-0.2, 0) is 0 Å². The van der Waals surface area contributed by atoms with Crippen molar-refractivity contribution in [2.24, 2.45) is 11.5 Å². The van der Waals surface area contributed by atoms with Crippen molar-refractivity contribution < 1.29 is 9.59 Å². The van der Waals surface area contributed by atoms with E-state index in [2.05, 4.69) is 0 Å². The molecule has 4 heteroatoms. The van der Waals surface area contributed by atoms with Crippen molar-refractivity contribution in [2.45, 2.75) is 13.8 Å². The van der Waals surface area contributed by atoms with Crippen LogP contribution in [0.1, 0.15) is 31.8 Å². The molecule has 0 saturated carbocycles. The lowest BCUT2D eigenvalue weighted by atomic mass is 9.92. The molecule has 0 heterocycles. The summed E-state index contributed by atoms with van der Waals surface area (Å²) in [7, 11) is 0. The molecule has 2 rings (SSSR count). The van der Waals surface area contributed by atoms with Gasteiger partial charge in [-0.1, -0.05) is 24.3 Å². The normalized spacial score (nSPS) is 10.3. The first-order chi connectivity index (χ1) is 9.41. The summed E-state index contributed by atoms with van der Waals surface area (Å²) in [6.07, 6.45) is 0. The Morgan fingerprint density at radius 2 is 1.65 bits per heavy atom. The standard InChI is InChI=1S/C16H16N2O2/c1-9-6-7-13(10(2)14(9)16(18)20)11-4-3-5-12(8-11)15(17)19/h3-8H,1-2H3,(H2,17,19)(H2,18,20). The molecule has 0 fully saturated rings. The van der Waals surface area contributed by atoms with Gasteiger partial charge in [0.2, 0.25) is 11.8 Å². The van der Waals surface area contributed by atoms with Crippen LogP contribution in [0.4, 0.5) is 0 Å². The van der Waals surface area contributed by atoms with Crippen LogP contribution in [0.15, 0.2) is 36.4 Å². The number of rotatable bonds is 3. The molecule has 2 amide bonds. The Balaban J connectivity index is 2.65. The molecule has 4 N–H and O–H groups in total. The van der Waals surface area contributed by atoms with Crippen molar-refractivity contribution in [3.63, 3.8) is 0 Å². The number of nitrogens with two attached hydrogens (primary N) is 2. The maximum absolute atomic E-state index is 11.5. The zero-order valence-electron chi connectivity index (χ0n) is 11.4. The maximum Gasteiger partial charge on any atom is 0.249 e. The van der Waals surface area contributed by atoms with Gasteiger partial charge in [-0.05, 0) is 48.2 Å². The molecule has 0 radical (unpaired) electrons. The third-order valence-corrected chi connectivity index (χ3v) is 3.38. The number of hydrogen-bond donors (Lipinski definition) is 2. The molecule has 2 aromatic rings. The minimum absolute atomic E-state index is 0.433. The Bertz CT molecular complexity index is 706. The van der Waals surface area contributed by atoms with E-state index in [0.717, 1.165) is 22.3 Å². The summed E-state index contributed by atoms with van der Waals surface area (Å²) in [5.41, 5.74) is 15.0. The molecular formula is C16H16N2O2. The van der Waals surface area contributed by atoms with Gasteiger partial charge in [0, 0.05) is 11.1 Å². The van der Waals surface area contributed by atoms with Gasteiger partial charge in [-0.25, -0.2) is 0 Å². The number of aryl methyl sites for hydroxylation is 1. The van der Waals surface area contributed by atoms with E-state index in [1.165, 1.54) is 0 Å². The molecule has 0 saturated heterocycles. The van der Waals surface area contributed by atoms with Crippen LogP contribution in [0.5, 0.6) is 0 Å². The highest BCUT2D eigenvalue weighted by atomic mass is 16.1. The van der Waals surface area contributed by atoms with Crippen LogP contribution in [-0.4, -0.2) is 11.8 Å². The molecule has 20 heavy (non-hydrogen) atoms. The molecule has 0 bridgehead atoms. The van der Waals surface area contributed by atoms with E-state index in [0.29, 0.717) is 11.1 Å². The Hall–Kier alpha value is -2.62. The molecule has 0 spiro atoms. The smallest absolute Gasteiger partial charge is 0.249 e. The number of amides is 2. The predicted octanol–water partition coefficient (Wildman–Crippen LogP) is 2.17. The van der Waals surface area contributed by atoms with Gasteiger partial charge in [-0.3, -0.25) is 9.59 Å². The first-order valence-corrected chi connectivity index (χ1v) is 6.22. The molecule has 102 valence electrons. The lowest BCUT2D eigenvalue weighted by molar-refractivity contribution is 0.0991. The van der Waals surface area contributed by atoms with E-state index in [9.17, 15) is 9.59 Å². The summed E-state index contributed by atoms with van der Waals surface area (Å²) in [5, 5.41) is 0. The highest BCUT2D eigenvalue weighted by molar-refractivity contribution is 5.98. The van der Waals surface area contributed by atoms with E-state index in [1.807, 2.05) is 32.0 Å². The molecule has 0 aliphatic rings. The Morgan fingerprint density at radius 3 is 2.25 bits per heavy atom. The zero-order valence-corrected chi connectivity index (χ0v) is 11.4. The van der Waals surface area contributed by atoms with Gasteiger partial charge < -0.3 is 11.5 Å². The van der Waals surface area contributed by atoms with E-state index in [-0.39, 0.29) is 0 Å². The summed E-state index contributed by atoms with van der Waals surface area (Å²) in [6.45, 7) is 3.69. The Kier molecular flexibility index (Phi) is 3.57. The predicted molar refractivity (Wildman–Crippen MR) is 78.4 cm³/mol.